The fourth-order valence-electron chi connectivity index (χ4n) is 4.36. The lowest BCUT2D eigenvalue weighted by Crippen LogP contribution is -1.91. The predicted octanol–water partition coefficient (Wildman–Crippen LogP) is 11.6. The first kappa shape index (κ1) is 29.7. The second-order valence-corrected chi connectivity index (χ2v) is 10.1. The van der Waals surface area contributed by atoms with E-state index in [1.807, 2.05) is 0 Å². The molecule has 0 aromatic carbocycles. The van der Waals surface area contributed by atoms with Gasteiger partial charge in [0.2, 0.25) is 0 Å². The van der Waals surface area contributed by atoms with Gasteiger partial charge in [-0.25, -0.2) is 0 Å². The standard InChI is InChI=1S/C30H60/c1-4-6-7-8-9-10-11-12-13-14-15-16-17-18-19-20-21-22-23-24-25-26-27-28-29-30(3)5-2/h19-20,30H,4-18,21-29H2,1-3H3. The first-order valence-electron chi connectivity index (χ1n) is 14.5. The summed E-state index contributed by atoms with van der Waals surface area (Å²) in [5, 5.41) is 0. The molecule has 0 aromatic rings. The van der Waals surface area contributed by atoms with Gasteiger partial charge in [-0.05, 0) is 31.6 Å². The van der Waals surface area contributed by atoms with Gasteiger partial charge >= 0.3 is 0 Å². The molecule has 1 unspecified atom stereocenters. The highest BCUT2D eigenvalue weighted by Gasteiger charge is 1.98. The molecule has 180 valence electrons. The largest absolute Gasteiger partial charge is 0.0885 e. The zero-order valence-corrected chi connectivity index (χ0v) is 21.7. The third kappa shape index (κ3) is 25.8. The van der Waals surface area contributed by atoms with E-state index in [-0.39, 0.29) is 0 Å². The predicted molar refractivity (Wildman–Crippen MR) is 140 cm³/mol. The molecule has 0 rings (SSSR count). The van der Waals surface area contributed by atoms with Gasteiger partial charge in [0.05, 0.1) is 0 Å². The molecule has 0 saturated carbocycles. The maximum absolute atomic E-state index is 2.45. The smallest absolute Gasteiger partial charge is 0.0351 e. The van der Waals surface area contributed by atoms with Crippen molar-refractivity contribution in [3.05, 3.63) is 12.2 Å². The topological polar surface area (TPSA) is 0 Å². The van der Waals surface area contributed by atoms with Gasteiger partial charge in [-0.3, -0.25) is 0 Å². The van der Waals surface area contributed by atoms with Crippen LogP contribution >= 0.6 is 0 Å². The fraction of sp³-hybridized carbons (Fsp3) is 0.933. The highest BCUT2D eigenvalue weighted by molar-refractivity contribution is 4.81. The van der Waals surface area contributed by atoms with Gasteiger partial charge in [-0.15, -0.1) is 0 Å². The molecule has 0 radical (unpaired) electrons. The monoisotopic (exact) mass is 420 g/mol. The lowest BCUT2D eigenvalue weighted by Gasteiger charge is -2.07. The SMILES string of the molecule is CCCCCCCCCCCCCCCC=CCCCCCCCCCC(C)CC. The van der Waals surface area contributed by atoms with Gasteiger partial charge in [-0.2, -0.15) is 0 Å². The molecule has 0 aromatic heterocycles. The Kier molecular flexibility index (Phi) is 26.5. The third-order valence-corrected chi connectivity index (χ3v) is 6.91. The van der Waals surface area contributed by atoms with Crippen molar-refractivity contribution in [3.8, 4) is 0 Å². The van der Waals surface area contributed by atoms with E-state index in [2.05, 4.69) is 32.9 Å². The van der Waals surface area contributed by atoms with Crippen molar-refractivity contribution in [2.24, 2.45) is 5.92 Å². The molecule has 0 aliphatic rings. The van der Waals surface area contributed by atoms with Crippen LogP contribution in [0.4, 0.5) is 0 Å². The van der Waals surface area contributed by atoms with Crippen molar-refractivity contribution < 1.29 is 0 Å². The fourth-order valence-corrected chi connectivity index (χ4v) is 4.36. The van der Waals surface area contributed by atoms with Crippen LogP contribution in [-0.2, 0) is 0 Å². The van der Waals surface area contributed by atoms with Gasteiger partial charge in [0, 0.05) is 0 Å². The second kappa shape index (κ2) is 26.8. The molecule has 0 spiro atoms. The quantitative estimate of drug-likeness (QED) is 0.102. The third-order valence-electron chi connectivity index (χ3n) is 6.91. The molecule has 0 aliphatic heterocycles. The van der Waals surface area contributed by atoms with Crippen LogP contribution in [0.15, 0.2) is 12.2 Å². The zero-order chi connectivity index (χ0) is 22.0. The Morgan fingerprint density at radius 1 is 0.433 bits per heavy atom. The second-order valence-electron chi connectivity index (χ2n) is 10.1. The van der Waals surface area contributed by atoms with E-state index in [4.69, 9.17) is 0 Å². The van der Waals surface area contributed by atoms with Crippen LogP contribution in [0.2, 0.25) is 0 Å². The van der Waals surface area contributed by atoms with E-state index < -0.39 is 0 Å². The summed E-state index contributed by atoms with van der Waals surface area (Å²) in [6, 6.07) is 0. The Labute approximate surface area is 193 Å². The molecule has 0 amide bonds. The van der Waals surface area contributed by atoms with Crippen LogP contribution in [-0.4, -0.2) is 0 Å². The number of allylic oxidation sites excluding steroid dienone is 2. The molecule has 0 heterocycles. The van der Waals surface area contributed by atoms with Gasteiger partial charge in [0.15, 0.2) is 0 Å². The Hall–Kier alpha value is -0.260. The first-order chi connectivity index (χ1) is 14.8. The lowest BCUT2D eigenvalue weighted by atomic mass is 9.99. The summed E-state index contributed by atoms with van der Waals surface area (Å²) in [4.78, 5) is 0. The molecule has 0 aliphatic carbocycles. The summed E-state index contributed by atoms with van der Waals surface area (Å²) in [7, 11) is 0. The molecule has 0 bridgehead atoms. The minimum atomic E-state index is 0.941. The van der Waals surface area contributed by atoms with Crippen molar-refractivity contribution in [1.29, 1.82) is 0 Å². The molecule has 0 nitrogen and oxygen atoms in total. The van der Waals surface area contributed by atoms with Crippen molar-refractivity contribution in [2.45, 2.75) is 175 Å². The van der Waals surface area contributed by atoms with E-state index in [9.17, 15) is 0 Å². The van der Waals surface area contributed by atoms with Crippen LogP contribution in [0.1, 0.15) is 175 Å². The van der Waals surface area contributed by atoms with Crippen LogP contribution in [0.5, 0.6) is 0 Å². The average molecular weight is 421 g/mol. The van der Waals surface area contributed by atoms with Gasteiger partial charge < -0.3 is 0 Å². The summed E-state index contributed by atoms with van der Waals surface area (Å²) in [6.07, 6.45) is 39.4. The molecule has 0 N–H and O–H groups in total. The maximum atomic E-state index is 2.45. The molecule has 0 heteroatoms. The molecule has 30 heavy (non-hydrogen) atoms. The van der Waals surface area contributed by atoms with E-state index in [1.165, 1.54) is 154 Å². The van der Waals surface area contributed by atoms with Crippen molar-refractivity contribution in [2.75, 3.05) is 0 Å². The first-order valence-corrected chi connectivity index (χ1v) is 14.5. The van der Waals surface area contributed by atoms with Crippen LogP contribution in [0, 0.1) is 5.92 Å². The minimum Gasteiger partial charge on any atom is -0.0885 e. The van der Waals surface area contributed by atoms with Crippen molar-refractivity contribution in [1.82, 2.24) is 0 Å². The van der Waals surface area contributed by atoms with Crippen LogP contribution < -0.4 is 0 Å². The summed E-state index contributed by atoms with van der Waals surface area (Å²) < 4.78 is 0. The number of hydrogen-bond acceptors (Lipinski definition) is 0. The molecule has 1 atom stereocenters. The minimum absolute atomic E-state index is 0.941. The van der Waals surface area contributed by atoms with Crippen LogP contribution in [0.3, 0.4) is 0 Å². The summed E-state index contributed by atoms with van der Waals surface area (Å²) >= 11 is 0. The molecular formula is C30H60. The molecular weight excluding hydrogens is 360 g/mol. The molecule has 0 saturated heterocycles. The number of hydrogen-bond donors (Lipinski definition) is 0. The zero-order valence-electron chi connectivity index (χ0n) is 21.7. The average Bonchev–Trinajstić information content (AvgIpc) is 2.76. The number of unbranched alkanes of at least 4 members (excludes halogenated alkanes) is 20. The number of rotatable bonds is 25. The highest BCUT2D eigenvalue weighted by Crippen LogP contribution is 2.15. The summed E-state index contributed by atoms with van der Waals surface area (Å²) in [5.74, 6) is 0.941. The van der Waals surface area contributed by atoms with Gasteiger partial charge in [0.1, 0.15) is 0 Å². The van der Waals surface area contributed by atoms with Gasteiger partial charge in [0.25, 0.3) is 0 Å². The normalized spacial score (nSPS) is 12.8. The highest BCUT2D eigenvalue weighted by atomic mass is 14.0. The van der Waals surface area contributed by atoms with E-state index >= 15 is 0 Å². The summed E-state index contributed by atoms with van der Waals surface area (Å²) in [5.41, 5.74) is 0. The Morgan fingerprint density at radius 3 is 1.13 bits per heavy atom. The van der Waals surface area contributed by atoms with Crippen LogP contribution in [0.25, 0.3) is 0 Å². The maximum Gasteiger partial charge on any atom is -0.0351 e. The van der Waals surface area contributed by atoms with E-state index in [0.717, 1.165) is 5.92 Å². The van der Waals surface area contributed by atoms with Crippen molar-refractivity contribution >= 4 is 0 Å². The summed E-state index contributed by atoms with van der Waals surface area (Å²) in [6.45, 7) is 7.01. The Morgan fingerprint density at radius 2 is 0.767 bits per heavy atom. The van der Waals surface area contributed by atoms with E-state index in [1.54, 1.807) is 0 Å². The molecule has 0 fully saturated rings. The van der Waals surface area contributed by atoms with E-state index in [0.29, 0.717) is 0 Å². The Bertz CT molecular complexity index is 316. The van der Waals surface area contributed by atoms with Gasteiger partial charge in [-0.1, -0.05) is 161 Å². The van der Waals surface area contributed by atoms with Crippen molar-refractivity contribution in [3.63, 3.8) is 0 Å². The Balaban J connectivity index is 3.09. The lowest BCUT2D eigenvalue weighted by molar-refractivity contribution is 0.470.